The van der Waals surface area contributed by atoms with Crippen LogP contribution in [-0.4, -0.2) is 28.8 Å². The second-order valence-electron chi connectivity index (χ2n) is 7.91. The average Bonchev–Trinajstić information content (AvgIpc) is 2.78. The first-order valence-corrected chi connectivity index (χ1v) is 10.8. The van der Waals surface area contributed by atoms with Gasteiger partial charge >= 0.3 is 0 Å². The zero-order valence-electron chi connectivity index (χ0n) is 17.4. The average molecular weight is 437 g/mol. The monoisotopic (exact) mass is 436 g/mol. The highest BCUT2D eigenvalue weighted by Crippen LogP contribution is 2.22. The van der Waals surface area contributed by atoms with Crippen molar-refractivity contribution in [3.05, 3.63) is 87.2 Å². The van der Waals surface area contributed by atoms with Crippen molar-refractivity contribution < 1.29 is 4.79 Å². The Kier molecular flexibility index (Phi) is 6.37. The standard InChI is InChI=1S/C24H25ClN4O2/c1-17-5-2-6-18(13-17)15-26-24(31)19-7-4-12-28(16-19)22-10-11-23(30)29(27-22)21-9-3-8-20(25)14-21/h2-3,5-6,8-11,13-14,19H,4,7,12,15-16H2,1H3,(H,26,31). The van der Waals surface area contributed by atoms with Gasteiger partial charge in [0.05, 0.1) is 11.6 Å². The van der Waals surface area contributed by atoms with E-state index in [4.69, 9.17) is 11.6 Å². The summed E-state index contributed by atoms with van der Waals surface area (Å²) in [4.78, 5) is 27.2. The Bertz CT molecular complexity index is 1140. The van der Waals surface area contributed by atoms with Gasteiger partial charge in [-0.2, -0.15) is 4.68 Å². The number of halogens is 1. The molecule has 0 aliphatic carbocycles. The highest BCUT2D eigenvalue weighted by molar-refractivity contribution is 6.30. The summed E-state index contributed by atoms with van der Waals surface area (Å²) in [6.07, 6.45) is 1.73. The van der Waals surface area contributed by atoms with Crippen molar-refractivity contribution in [1.82, 2.24) is 15.1 Å². The van der Waals surface area contributed by atoms with Gasteiger partial charge in [-0.1, -0.05) is 47.5 Å². The minimum atomic E-state index is -0.226. The maximum absolute atomic E-state index is 12.8. The minimum absolute atomic E-state index is 0.0503. The number of anilines is 1. The Labute approximate surface area is 186 Å². The summed E-state index contributed by atoms with van der Waals surface area (Å²) in [6, 6.07) is 18.4. The number of piperidine rings is 1. The third kappa shape index (κ3) is 5.14. The molecule has 1 atom stereocenters. The van der Waals surface area contributed by atoms with E-state index in [0.717, 1.165) is 24.9 Å². The highest BCUT2D eigenvalue weighted by Gasteiger charge is 2.26. The van der Waals surface area contributed by atoms with Crippen LogP contribution >= 0.6 is 11.6 Å². The molecule has 2 heterocycles. The summed E-state index contributed by atoms with van der Waals surface area (Å²) in [5.74, 6) is 0.608. The first-order chi connectivity index (χ1) is 15.0. The first kappa shape index (κ1) is 21.1. The topological polar surface area (TPSA) is 67.2 Å². The Balaban J connectivity index is 1.46. The lowest BCUT2D eigenvalue weighted by Crippen LogP contribution is -2.43. The molecule has 0 bridgehead atoms. The van der Waals surface area contributed by atoms with Gasteiger partial charge in [0.1, 0.15) is 5.82 Å². The van der Waals surface area contributed by atoms with Gasteiger partial charge in [0, 0.05) is 30.7 Å². The van der Waals surface area contributed by atoms with E-state index >= 15 is 0 Å². The number of carbonyl (C=O) groups excluding carboxylic acids is 1. The maximum atomic E-state index is 12.8. The molecule has 1 aliphatic heterocycles. The van der Waals surface area contributed by atoms with E-state index in [0.29, 0.717) is 29.6 Å². The smallest absolute Gasteiger partial charge is 0.271 e. The molecule has 0 saturated carbocycles. The molecule has 1 amide bonds. The molecular weight excluding hydrogens is 412 g/mol. The predicted molar refractivity (Wildman–Crippen MR) is 123 cm³/mol. The van der Waals surface area contributed by atoms with Crippen molar-refractivity contribution in [2.75, 3.05) is 18.0 Å². The first-order valence-electron chi connectivity index (χ1n) is 10.4. The maximum Gasteiger partial charge on any atom is 0.271 e. The van der Waals surface area contributed by atoms with E-state index in [1.165, 1.54) is 16.3 Å². The molecule has 0 radical (unpaired) electrons. The number of hydrogen-bond donors (Lipinski definition) is 1. The summed E-state index contributed by atoms with van der Waals surface area (Å²) in [5, 5.41) is 8.15. The van der Waals surface area contributed by atoms with Crippen LogP contribution in [0.1, 0.15) is 24.0 Å². The minimum Gasteiger partial charge on any atom is -0.354 e. The second kappa shape index (κ2) is 9.35. The van der Waals surface area contributed by atoms with Crippen molar-refractivity contribution in [3.8, 4) is 5.69 Å². The molecule has 160 valence electrons. The zero-order valence-corrected chi connectivity index (χ0v) is 18.2. The van der Waals surface area contributed by atoms with Crippen molar-refractivity contribution >= 4 is 23.3 Å². The van der Waals surface area contributed by atoms with Gasteiger partial charge in [-0.25, -0.2) is 0 Å². The van der Waals surface area contributed by atoms with Crippen LogP contribution in [0.5, 0.6) is 0 Å². The SMILES string of the molecule is Cc1cccc(CNC(=O)C2CCCN(c3ccc(=O)n(-c4cccc(Cl)c4)n3)C2)c1. The molecule has 0 spiro atoms. The fourth-order valence-electron chi connectivity index (χ4n) is 3.92. The molecule has 1 saturated heterocycles. The van der Waals surface area contributed by atoms with Crippen LogP contribution in [0, 0.1) is 12.8 Å². The number of carbonyl (C=O) groups is 1. The molecular formula is C24H25ClN4O2. The predicted octanol–water partition coefficient (Wildman–Crippen LogP) is 3.73. The van der Waals surface area contributed by atoms with Gasteiger partial charge in [-0.15, -0.1) is 5.10 Å². The Morgan fingerprint density at radius 2 is 2.00 bits per heavy atom. The molecule has 1 aliphatic rings. The summed E-state index contributed by atoms with van der Waals surface area (Å²) in [7, 11) is 0. The molecule has 3 aromatic rings. The van der Waals surface area contributed by atoms with E-state index in [1.54, 1.807) is 30.3 Å². The Hall–Kier alpha value is -3.12. The van der Waals surface area contributed by atoms with E-state index in [9.17, 15) is 9.59 Å². The number of aromatic nitrogens is 2. The quantitative estimate of drug-likeness (QED) is 0.661. The fraction of sp³-hybridized carbons (Fsp3) is 0.292. The van der Waals surface area contributed by atoms with Crippen LogP contribution in [0.2, 0.25) is 5.02 Å². The molecule has 7 heteroatoms. The van der Waals surface area contributed by atoms with E-state index < -0.39 is 0 Å². The number of aryl methyl sites for hydroxylation is 1. The lowest BCUT2D eigenvalue weighted by Gasteiger charge is -2.33. The Morgan fingerprint density at radius 1 is 1.16 bits per heavy atom. The van der Waals surface area contributed by atoms with Gasteiger partial charge < -0.3 is 10.2 Å². The number of hydrogen-bond acceptors (Lipinski definition) is 4. The number of amides is 1. The third-order valence-electron chi connectivity index (χ3n) is 5.50. The van der Waals surface area contributed by atoms with Crippen LogP contribution in [0.3, 0.4) is 0 Å². The summed E-state index contributed by atoms with van der Waals surface area (Å²) < 4.78 is 1.35. The van der Waals surface area contributed by atoms with Crippen molar-refractivity contribution in [1.29, 1.82) is 0 Å². The summed E-state index contributed by atoms with van der Waals surface area (Å²) in [5.41, 5.74) is 2.66. The lowest BCUT2D eigenvalue weighted by molar-refractivity contribution is -0.125. The number of benzene rings is 2. The lowest BCUT2D eigenvalue weighted by atomic mass is 9.97. The fourth-order valence-corrected chi connectivity index (χ4v) is 4.10. The normalized spacial score (nSPS) is 16.2. The summed E-state index contributed by atoms with van der Waals surface area (Å²) in [6.45, 7) is 3.93. The number of nitrogens with one attached hydrogen (secondary N) is 1. The molecule has 31 heavy (non-hydrogen) atoms. The molecule has 1 N–H and O–H groups in total. The van der Waals surface area contributed by atoms with Gasteiger partial charge in [0.15, 0.2) is 0 Å². The molecule has 1 fully saturated rings. The van der Waals surface area contributed by atoms with Gasteiger partial charge in [0.25, 0.3) is 5.56 Å². The zero-order chi connectivity index (χ0) is 21.8. The van der Waals surface area contributed by atoms with Crippen molar-refractivity contribution in [2.24, 2.45) is 5.92 Å². The van der Waals surface area contributed by atoms with Crippen LogP contribution in [0.4, 0.5) is 5.82 Å². The second-order valence-corrected chi connectivity index (χ2v) is 8.35. The van der Waals surface area contributed by atoms with Gasteiger partial charge in [-0.05, 0) is 49.6 Å². The summed E-state index contributed by atoms with van der Waals surface area (Å²) >= 11 is 6.07. The van der Waals surface area contributed by atoms with Crippen LogP contribution in [0.15, 0.2) is 65.5 Å². The van der Waals surface area contributed by atoms with Crippen molar-refractivity contribution in [2.45, 2.75) is 26.3 Å². The van der Waals surface area contributed by atoms with Crippen LogP contribution in [-0.2, 0) is 11.3 Å². The molecule has 6 nitrogen and oxygen atoms in total. The van der Waals surface area contributed by atoms with E-state index in [-0.39, 0.29) is 17.4 Å². The number of rotatable bonds is 5. The third-order valence-corrected chi connectivity index (χ3v) is 5.74. The molecule has 2 aromatic carbocycles. The number of nitrogens with zero attached hydrogens (tertiary/aromatic N) is 3. The van der Waals surface area contributed by atoms with Gasteiger partial charge in [0.2, 0.25) is 5.91 Å². The van der Waals surface area contributed by atoms with E-state index in [2.05, 4.69) is 21.4 Å². The van der Waals surface area contributed by atoms with Crippen LogP contribution in [0.25, 0.3) is 5.69 Å². The highest BCUT2D eigenvalue weighted by atomic mass is 35.5. The van der Waals surface area contributed by atoms with E-state index in [1.807, 2.05) is 25.1 Å². The Morgan fingerprint density at radius 3 is 2.81 bits per heavy atom. The van der Waals surface area contributed by atoms with Crippen LogP contribution < -0.4 is 15.8 Å². The molecule has 4 rings (SSSR count). The largest absolute Gasteiger partial charge is 0.354 e. The molecule has 1 unspecified atom stereocenters. The van der Waals surface area contributed by atoms with Crippen molar-refractivity contribution in [3.63, 3.8) is 0 Å². The molecule has 1 aromatic heterocycles. The van der Waals surface area contributed by atoms with Gasteiger partial charge in [-0.3, -0.25) is 9.59 Å².